The molecule has 19 heavy (non-hydrogen) atoms. The highest BCUT2D eigenvalue weighted by Gasteiger charge is 2.14. The minimum atomic E-state index is 0.313. The molecular weight excluding hydrogens is 260 g/mol. The molecule has 0 aliphatic rings. The van der Waals surface area contributed by atoms with Crippen molar-refractivity contribution < 1.29 is 4.74 Å². The third-order valence-corrected chi connectivity index (χ3v) is 3.73. The Hall–Kier alpha value is -0.610. The molecule has 2 unspecified atom stereocenters. The molecule has 0 radical (unpaired) electrons. The predicted octanol–water partition coefficient (Wildman–Crippen LogP) is 2.96. The van der Waals surface area contributed by atoms with Crippen molar-refractivity contribution in [3.63, 3.8) is 0 Å². The Labute approximate surface area is 121 Å². The Morgan fingerprint density at radius 3 is 2.63 bits per heavy atom. The zero-order valence-corrected chi connectivity index (χ0v) is 13.1. The number of ether oxygens (including phenoxy) is 1. The largest absolute Gasteiger partial charge is 0.383 e. The summed E-state index contributed by atoms with van der Waals surface area (Å²) in [6, 6.07) is 8.73. The normalized spacial score (nSPS) is 14.6. The van der Waals surface area contributed by atoms with Gasteiger partial charge in [-0.05, 0) is 32.5 Å². The number of nitrogens with zero attached hydrogens (tertiary/aromatic N) is 1. The van der Waals surface area contributed by atoms with Crippen LogP contribution in [0.5, 0.6) is 0 Å². The third-order valence-electron chi connectivity index (χ3n) is 3.39. The monoisotopic (exact) mass is 284 g/mol. The third kappa shape index (κ3) is 5.49. The molecule has 0 aliphatic carbocycles. The van der Waals surface area contributed by atoms with E-state index in [1.54, 1.807) is 7.11 Å². The van der Waals surface area contributed by atoms with Gasteiger partial charge in [0, 0.05) is 37.3 Å². The summed E-state index contributed by atoms with van der Waals surface area (Å²) in [6.45, 7) is 6.96. The number of rotatable bonds is 8. The lowest BCUT2D eigenvalue weighted by molar-refractivity contribution is 0.168. The molecule has 0 fully saturated rings. The molecule has 0 aliphatic heterocycles. The summed E-state index contributed by atoms with van der Waals surface area (Å²) in [4.78, 5) is 2.30. The molecule has 0 bridgehead atoms. The Morgan fingerprint density at radius 1 is 1.32 bits per heavy atom. The Balaban J connectivity index is 2.41. The van der Waals surface area contributed by atoms with Gasteiger partial charge in [0.25, 0.3) is 0 Å². The standard InChI is InChI=1S/C15H25ClN2O/c1-12(11-19-4)17-9-10-18(3)13(2)14-7-5-6-8-15(14)16/h5-8,12-13,17H,9-11H2,1-4H3. The van der Waals surface area contributed by atoms with E-state index in [1.165, 1.54) is 5.56 Å². The van der Waals surface area contributed by atoms with Gasteiger partial charge in [0.05, 0.1) is 6.61 Å². The van der Waals surface area contributed by atoms with Crippen molar-refractivity contribution >= 4 is 11.6 Å². The Morgan fingerprint density at radius 2 is 2.00 bits per heavy atom. The van der Waals surface area contributed by atoms with Crippen molar-refractivity contribution in [1.82, 2.24) is 10.2 Å². The van der Waals surface area contributed by atoms with Crippen LogP contribution in [-0.2, 0) is 4.74 Å². The molecule has 1 aromatic rings. The van der Waals surface area contributed by atoms with Gasteiger partial charge in [0.15, 0.2) is 0 Å². The highest BCUT2D eigenvalue weighted by atomic mass is 35.5. The molecule has 2 atom stereocenters. The van der Waals surface area contributed by atoms with Crippen molar-refractivity contribution in [3.8, 4) is 0 Å². The van der Waals surface area contributed by atoms with Crippen molar-refractivity contribution in [3.05, 3.63) is 34.9 Å². The van der Waals surface area contributed by atoms with E-state index in [-0.39, 0.29) is 0 Å². The lowest BCUT2D eigenvalue weighted by Gasteiger charge is -2.26. The first kappa shape index (κ1) is 16.4. The van der Waals surface area contributed by atoms with Gasteiger partial charge in [-0.2, -0.15) is 0 Å². The summed E-state index contributed by atoms with van der Waals surface area (Å²) in [6.07, 6.45) is 0. The van der Waals surface area contributed by atoms with Crippen LogP contribution in [0.1, 0.15) is 25.5 Å². The number of hydrogen-bond acceptors (Lipinski definition) is 3. The second-order valence-electron chi connectivity index (χ2n) is 4.99. The molecule has 0 aromatic heterocycles. The Kier molecular flexibility index (Phi) is 7.39. The van der Waals surface area contributed by atoms with Crippen LogP contribution in [0.3, 0.4) is 0 Å². The lowest BCUT2D eigenvalue weighted by Crippen LogP contribution is -2.37. The van der Waals surface area contributed by atoms with Gasteiger partial charge in [-0.3, -0.25) is 4.90 Å². The van der Waals surface area contributed by atoms with E-state index in [2.05, 4.69) is 37.2 Å². The second-order valence-corrected chi connectivity index (χ2v) is 5.40. The topological polar surface area (TPSA) is 24.5 Å². The zero-order valence-electron chi connectivity index (χ0n) is 12.3. The van der Waals surface area contributed by atoms with Crippen molar-refractivity contribution in [2.75, 3.05) is 33.9 Å². The van der Waals surface area contributed by atoms with Crippen LogP contribution >= 0.6 is 11.6 Å². The van der Waals surface area contributed by atoms with Crippen LogP contribution < -0.4 is 5.32 Å². The number of nitrogens with one attached hydrogen (secondary N) is 1. The molecule has 108 valence electrons. The van der Waals surface area contributed by atoms with Gasteiger partial charge in [-0.25, -0.2) is 0 Å². The number of benzene rings is 1. The predicted molar refractivity (Wildman–Crippen MR) is 81.8 cm³/mol. The minimum Gasteiger partial charge on any atom is -0.383 e. The van der Waals surface area contributed by atoms with Gasteiger partial charge >= 0.3 is 0 Å². The molecule has 1 N–H and O–H groups in total. The summed E-state index contributed by atoms with van der Waals surface area (Å²) in [5, 5.41) is 4.27. The molecule has 0 heterocycles. The molecule has 3 nitrogen and oxygen atoms in total. The van der Waals surface area contributed by atoms with E-state index in [9.17, 15) is 0 Å². The average molecular weight is 285 g/mol. The fraction of sp³-hybridized carbons (Fsp3) is 0.600. The SMILES string of the molecule is COCC(C)NCCN(C)C(C)c1ccccc1Cl. The van der Waals surface area contributed by atoms with Crippen LogP contribution in [0.25, 0.3) is 0 Å². The lowest BCUT2D eigenvalue weighted by atomic mass is 10.1. The number of methoxy groups -OCH3 is 1. The van der Waals surface area contributed by atoms with Gasteiger partial charge in [0.1, 0.15) is 0 Å². The highest BCUT2D eigenvalue weighted by molar-refractivity contribution is 6.31. The summed E-state index contributed by atoms with van der Waals surface area (Å²) in [5.74, 6) is 0. The van der Waals surface area contributed by atoms with Crippen molar-refractivity contribution in [2.24, 2.45) is 0 Å². The number of hydrogen-bond donors (Lipinski definition) is 1. The summed E-state index contributed by atoms with van der Waals surface area (Å²) in [7, 11) is 3.85. The minimum absolute atomic E-state index is 0.313. The van der Waals surface area contributed by atoms with Gasteiger partial charge in [0.2, 0.25) is 0 Å². The summed E-state index contributed by atoms with van der Waals surface area (Å²) >= 11 is 6.23. The number of halogens is 1. The van der Waals surface area contributed by atoms with E-state index in [4.69, 9.17) is 16.3 Å². The maximum absolute atomic E-state index is 6.23. The average Bonchev–Trinajstić information content (AvgIpc) is 2.38. The number of likely N-dealkylation sites (N-methyl/N-ethyl adjacent to an activating group) is 1. The van der Waals surface area contributed by atoms with Crippen LogP contribution in [0.2, 0.25) is 5.02 Å². The summed E-state index contributed by atoms with van der Waals surface area (Å²) in [5.41, 5.74) is 1.18. The van der Waals surface area contributed by atoms with Gasteiger partial charge < -0.3 is 10.1 Å². The second kappa shape index (κ2) is 8.54. The van der Waals surface area contributed by atoms with Crippen LogP contribution in [0.15, 0.2) is 24.3 Å². The Bertz CT molecular complexity index is 373. The van der Waals surface area contributed by atoms with Crippen LogP contribution in [-0.4, -0.2) is 44.8 Å². The highest BCUT2D eigenvalue weighted by Crippen LogP contribution is 2.25. The molecule has 0 saturated heterocycles. The van der Waals surface area contributed by atoms with E-state index < -0.39 is 0 Å². The van der Waals surface area contributed by atoms with Crippen LogP contribution in [0.4, 0.5) is 0 Å². The molecule has 1 rings (SSSR count). The maximum atomic E-state index is 6.23. The van der Waals surface area contributed by atoms with E-state index in [1.807, 2.05) is 18.2 Å². The van der Waals surface area contributed by atoms with Crippen molar-refractivity contribution in [1.29, 1.82) is 0 Å². The first-order chi connectivity index (χ1) is 9.06. The van der Waals surface area contributed by atoms with Crippen molar-refractivity contribution in [2.45, 2.75) is 25.9 Å². The fourth-order valence-electron chi connectivity index (χ4n) is 2.04. The van der Waals surface area contributed by atoms with Crippen LogP contribution in [0, 0.1) is 0 Å². The smallest absolute Gasteiger partial charge is 0.0613 e. The quantitative estimate of drug-likeness (QED) is 0.794. The molecule has 0 amide bonds. The molecule has 4 heteroatoms. The van der Waals surface area contributed by atoms with E-state index >= 15 is 0 Å². The maximum Gasteiger partial charge on any atom is 0.0613 e. The van der Waals surface area contributed by atoms with E-state index in [0.717, 1.165) is 24.7 Å². The van der Waals surface area contributed by atoms with E-state index in [0.29, 0.717) is 12.1 Å². The molecule has 1 aromatic carbocycles. The first-order valence-electron chi connectivity index (χ1n) is 6.73. The first-order valence-corrected chi connectivity index (χ1v) is 7.11. The van der Waals surface area contributed by atoms with Gasteiger partial charge in [-0.15, -0.1) is 0 Å². The molecule has 0 saturated carbocycles. The zero-order chi connectivity index (χ0) is 14.3. The molecular formula is C15H25ClN2O. The summed E-state index contributed by atoms with van der Waals surface area (Å²) < 4.78 is 5.10. The molecule has 0 spiro atoms. The fourth-order valence-corrected chi connectivity index (χ4v) is 2.33. The van der Waals surface area contributed by atoms with Gasteiger partial charge in [-0.1, -0.05) is 29.8 Å².